The van der Waals surface area contributed by atoms with E-state index in [0.29, 0.717) is 13.0 Å². The standard InChI is InChI=1S/C31H35N3O3/c1-36-26-13-11-25(12-14-26)28(21-31(35)32-15-16-33-17-19-37-20-18-33)29-23-34(22-24-7-3-2-4-8-24)30-10-6-5-9-27(29)30/h2-14,23,28H,15-22H2,1H3,(H,32,35). The van der Waals surface area contributed by atoms with Crippen molar-refractivity contribution in [2.45, 2.75) is 18.9 Å². The smallest absolute Gasteiger partial charge is 0.220 e. The number of morpholine rings is 1. The van der Waals surface area contributed by atoms with E-state index in [1.165, 1.54) is 22.0 Å². The lowest BCUT2D eigenvalue weighted by Gasteiger charge is -2.26. The molecule has 1 saturated heterocycles. The molecule has 2 heterocycles. The first kappa shape index (κ1) is 25.1. The minimum absolute atomic E-state index is 0.0639. The number of carbonyl (C=O) groups excluding carboxylic acids is 1. The molecule has 192 valence electrons. The van der Waals surface area contributed by atoms with Crippen molar-refractivity contribution in [3.05, 3.63) is 102 Å². The first-order valence-electron chi connectivity index (χ1n) is 13.0. The van der Waals surface area contributed by atoms with Gasteiger partial charge in [-0.3, -0.25) is 9.69 Å². The number of amides is 1. The van der Waals surface area contributed by atoms with Crippen molar-refractivity contribution in [3.8, 4) is 5.75 Å². The maximum absolute atomic E-state index is 13.2. The lowest BCUT2D eigenvalue weighted by atomic mass is 9.88. The molecular weight excluding hydrogens is 462 g/mol. The molecule has 0 bridgehead atoms. The number of benzene rings is 3. The van der Waals surface area contributed by atoms with Crippen LogP contribution in [-0.4, -0.2) is 61.9 Å². The van der Waals surface area contributed by atoms with Crippen LogP contribution in [0.1, 0.15) is 29.0 Å². The predicted molar refractivity (Wildman–Crippen MR) is 147 cm³/mol. The van der Waals surface area contributed by atoms with E-state index in [9.17, 15) is 4.79 Å². The van der Waals surface area contributed by atoms with Crippen LogP contribution in [0.25, 0.3) is 10.9 Å². The number of fused-ring (bicyclic) bond motifs is 1. The third kappa shape index (κ3) is 6.21. The number of ether oxygens (including phenoxy) is 2. The number of nitrogens with one attached hydrogen (secondary N) is 1. The fourth-order valence-electron chi connectivity index (χ4n) is 5.14. The highest BCUT2D eigenvalue weighted by molar-refractivity contribution is 5.86. The molecule has 0 saturated carbocycles. The summed E-state index contributed by atoms with van der Waals surface area (Å²) in [5.74, 6) is 0.800. The van der Waals surface area contributed by atoms with Crippen molar-refractivity contribution in [1.82, 2.24) is 14.8 Å². The maximum Gasteiger partial charge on any atom is 0.220 e. The van der Waals surface area contributed by atoms with E-state index in [1.54, 1.807) is 7.11 Å². The number of carbonyl (C=O) groups is 1. The van der Waals surface area contributed by atoms with Gasteiger partial charge in [0.1, 0.15) is 5.75 Å². The molecule has 1 fully saturated rings. The molecule has 0 spiro atoms. The van der Waals surface area contributed by atoms with Crippen LogP contribution in [0.5, 0.6) is 5.75 Å². The van der Waals surface area contributed by atoms with Gasteiger partial charge in [-0.25, -0.2) is 0 Å². The molecular formula is C31H35N3O3. The van der Waals surface area contributed by atoms with Crippen molar-refractivity contribution in [2.75, 3.05) is 46.5 Å². The first-order valence-corrected chi connectivity index (χ1v) is 13.0. The van der Waals surface area contributed by atoms with Gasteiger partial charge in [0.2, 0.25) is 5.91 Å². The molecule has 0 aliphatic carbocycles. The van der Waals surface area contributed by atoms with E-state index in [2.05, 4.69) is 81.6 Å². The Morgan fingerprint density at radius 1 is 0.973 bits per heavy atom. The van der Waals surface area contributed by atoms with Crippen LogP contribution in [0.3, 0.4) is 0 Å². The zero-order valence-corrected chi connectivity index (χ0v) is 21.4. The molecule has 4 aromatic rings. The number of nitrogens with zero attached hydrogens (tertiary/aromatic N) is 2. The van der Waals surface area contributed by atoms with E-state index >= 15 is 0 Å². The predicted octanol–water partition coefficient (Wildman–Crippen LogP) is 4.67. The van der Waals surface area contributed by atoms with Crippen LogP contribution in [0.2, 0.25) is 0 Å². The summed E-state index contributed by atoms with van der Waals surface area (Å²) in [5, 5.41) is 4.35. The number of para-hydroxylation sites is 1. The van der Waals surface area contributed by atoms with Gasteiger partial charge in [0.25, 0.3) is 0 Å². The average Bonchev–Trinajstić information content (AvgIpc) is 3.31. The molecule has 1 aromatic heterocycles. The van der Waals surface area contributed by atoms with Crippen LogP contribution in [0, 0.1) is 0 Å². The highest BCUT2D eigenvalue weighted by Crippen LogP contribution is 2.35. The Bertz CT molecular complexity index is 1290. The van der Waals surface area contributed by atoms with Crippen LogP contribution >= 0.6 is 0 Å². The highest BCUT2D eigenvalue weighted by Gasteiger charge is 2.23. The lowest BCUT2D eigenvalue weighted by Crippen LogP contribution is -2.41. The topological polar surface area (TPSA) is 55.7 Å². The molecule has 1 amide bonds. The van der Waals surface area contributed by atoms with Gasteiger partial charge in [0.15, 0.2) is 0 Å². The third-order valence-electron chi connectivity index (χ3n) is 7.15. The summed E-state index contributed by atoms with van der Waals surface area (Å²) < 4.78 is 13.1. The molecule has 37 heavy (non-hydrogen) atoms. The molecule has 1 unspecified atom stereocenters. The van der Waals surface area contributed by atoms with Gasteiger partial charge in [-0.05, 0) is 34.9 Å². The lowest BCUT2D eigenvalue weighted by molar-refractivity contribution is -0.121. The van der Waals surface area contributed by atoms with Gasteiger partial charge in [0.05, 0.1) is 20.3 Å². The number of methoxy groups -OCH3 is 1. The summed E-state index contributed by atoms with van der Waals surface area (Å²) in [6.07, 6.45) is 2.61. The number of aromatic nitrogens is 1. The third-order valence-corrected chi connectivity index (χ3v) is 7.15. The summed E-state index contributed by atoms with van der Waals surface area (Å²) in [6, 6.07) is 27.1. The Hall–Kier alpha value is -3.61. The second-order valence-electron chi connectivity index (χ2n) is 9.55. The van der Waals surface area contributed by atoms with Crippen LogP contribution in [0.15, 0.2) is 85.1 Å². The Labute approximate surface area is 218 Å². The Balaban J connectivity index is 1.41. The number of rotatable bonds is 10. The molecule has 0 radical (unpaired) electrons. The van der Waals surface area contributed by atoms with Crippen molar-refractivity contribution < 1.29 is 14.3 Å². The summed E-state index contributed by atoms with van der Waals surface area (Å²) >= 11 is 0. The Morgan fingerprint density at radius 2 is 1.70 bits per heavy atom. The summed E-state index contributed by atoms with van der Waals surface area (Å²) in [7, 11) is 1.67. The van der Waals surface area contributed by atoms with Crippen LogP contribution < -0.4 is 10.1 Å². The largest absolute Gasteiger partial charge is 0.497 e. The van der Waals surface area contributed by atoms with Crippen LogP contribution in [0.4, 0.5) is 0 Å². The van der Waals surface area contributed by atoms with Crippen molar-refractivity contribution in [2.24, 2.45) is 0 Å². The molecule has 5 rings (SSSR count). The zero-order valence-electron chi connectivity index (χ0n) is 21.4. The minimum Gasteiger partial charge on any atom is -0.497 e. The van der Waals surface area contributed by atoms with Crippen molar-refractivity contribution in [1.29, 1.82) is 0 Å². The fraction of sp³-hybridized carbons (Fsp3) is 0.323. The van der Waals surface area contributed by atoms with Crippen LogP contribution in [-0.2, 0) is 16.1 Å². The Kier molecular flexibility index (Phi) is 8.18. The molecule has 6 nitrogen and oxygen atoms in total. The van der Waals surface area contributed by atoms with E-state index in [0.717, 1.165) is 50.7 Å². The molecule has 6 heteroatoms. The molecule has 1 aliphatic rings. The summed E-state index contributed by atoms with van der Waals surface area (Å²) in [5.41, 5.74) is 4.69. The Morgan fingerprint density at radius 3 is 2.46 bits per heavy atom. The molecule has 3 aromatic carbocycles. The van der Waals surface area contributed by atoms with Gasteiger partial charge in [-0.2, -0.15) is 0 Å². The normalized spacial score (nSPS) is 14.9. The SMILES string of the molecule is COc1ccc(C(CC(=O)NCCN2CCOCC2)c2cn(Cc3ccccc3)c3ccccc23)cc1. The molecule has 1 N–H and O–H groups in total. The first-order chi connectivity index (χ1) is 18.2. The van der Waals surface area contributed by atoms with E-state index < -0.39 is 0 Å². The van der Waals surface area contributed by atoms with Gasteiger partial charge in [-0.15, -0.1) is 0 Å². The fourth-order valence-corrected chi connectivity index (χ4v) is 5.14. The van der Waals surface area contributed by atoms with E-state index in [4.69, 9.17) is 9.47 Å². The van der Waals surface area contributed by atoms with E-state index in [1.807, 2.05) is 18.2 Å². The molecule has 1 atom stereocenters. The quantitative estimate of drug-likeness (QED) is 0.346. The van der Waals surface area contributed by atoms with Gasteiger partial charge in [0, 0.05) is 62.2 Å². The number of hydrogen-bond acceptors (Lipinski definition) is 4. The monoisotopic (exact) mass is 497 g/mol. The number of hydrogen-bond donors (Lipinski definition) is 1. The molecule has 1 aliphatic heterocycles. The van der Waals surface area contributed by atoms with Crippen molar-refractivity contribution >= 4 is 16.8 Å². The maximum atomic E-state index is 13.2. The average molecular weight is 498 g/mol. The second kappa shape index (κ2) is 12.1. The van der Waals surface area contributed by atoms with Gasteiger partial charge < -0.3 is 19.4 Å². The summed E-state index contributed by atoms with van der Waals surface area (Å²) in [4.78, 5) is 15.5. The van der Waals surface area contributed by atoms with Gasteiger partial charge >= 0.3 is 0 Å². The highest BCUT2D eigenvalue weighted by atomic mass is 16.5. The van der Waals surface area contributed by atoms with E-state index in [-0.39, 0.29) is 11.8 Å². The van der Waals surface area contributed by atoms with Crippen molar-refractivity contribution in [3.63, 3.8) is 0 Å². The second-order valence-corrected chi connectivity index (χ2v) is 9.55. The minimum atomic E-state index is -0.0729. The summed E-state index contributed by atoms with van der Waals surface area (Å²) in [6.45, 7) is 5.64. The zero-order chi connectivity index (χ0) is 25.5. The van der Waals surface area contributed by atoms with Gasteiger partial charge in [-0.1, -0.05) is 60.7 Å².